The Kier molecular flexibility index (Phi) is 8.49. The molecule has 172 valence electrons. The molecule has 3 aromatic carbocycles. The number of hydrazone groups is 1. The van der Waals surface area contributed by atoms with Crippen LogP contribution < -0.4 is 24.4 Å². The van der Waals surface area contributed by atoms with Crippen molar-refractivity contribution >= 4 is 23.7 Å². The van der Waals surface area contributed by atoms with Crippen LogP contribution in [0.25, 0.3) is 0 Å². The number of para-hydroxylation sites is 1. The van der Waals surface area contributed by atoms with Crippen molar-refractivity contribution < 1.29 is 28.1 Å². The minimum Gasteiger partial charge on any atom is -0.497 e. The minimum atomic E-state index is -0.476. The number of benzene rings is 3. The van der Waals surface area contributed by atoms with Crippen molar-refractivity contribution in [2.24, 2.45) is 5.10 Å². The monoisotopic (exact) mass is 472 g/mol. The summed E-state index contributed by atoms with van der Waals surface area (Å²) in [5.41, 5.74) is 3.11. The van der Waals surface area contributed by atoms with E-state index in [2.05, 4.69) is 10.5 Å². The smallest absolute Gasteiger partial charge is 0.277 e. The normalized spacial score (nSPS) is 10.7. The summed E-state index contributed by atoms with van der Waals surface area (Å²) in [7, 11) is 3.03. The van der Waals surface area contributed by atoms with Gasteiger partial charge in [0.15, 0.2) is 18.1 Å². The van der Waals surface area contributed by atoms with E-state index in [-0.39, 0.29) is 23.8 Å². The van der Waals surface area contributed by atoms with Crippen molar-refractivity contribution in [3.8, 4) is 23.0 Å². The molecule has 0 saturated heterocycles. The molecular weight excluding hydrogens is 451 g/mol. The van der Waals surface area contributed by atoms with Crippen LogP contribution in [0, 0.1) is 5.82 Å². The standard InChI is InChI=1S/C24H22ClFN2O5/c1-30-17-7-4-8-18(12-17)32-15-23(29)28-27-13-16-6-3-11-22(31-2)24(16)33-14-19-20(25)9-5-10-21(19)26/h3-13H,14-15H2,1-2H3,(H,28,29)/b27-13-. The van der Waals surface area contributed by atoms with Crippen molar-refractivity contribution in [2.75, 3.05) is 20.8 Å². The number of ether oxygens (including phenoxy) is 4. The largest absolute Gasteiger partial charge is 0.497 e. The number of carbonyl (C=O) groups excluding carboxylic acids is 1. The predicted octanol–water partition coefficient (Wildman–Crippen LogP) is 4.60. The van der Waals surface area contributed by atoms with Crippen molar-refractivity contribution in [3.05, 3.63) is 82.6 Å². The number of nitrogens with zero attached hydrogens (tertiary/aromatic N) is 1. The summed E-state index contributed by atoms with van der Waals surface area (Å²) >= 11 is 6.07. The van der Waals surface area contributed by atoms with Crippen LogP contribution in [0.5, 0.6) is 23.0 Å². The molecule has 0 radical (unpaired) electrons. The molecule has 0 fully saturated rings. The Hall–Kier alpha value is -3.78. The predicted molar refractivity (Wildman–Crippen MR) is 123 cm³/mol. The van der Waals surface area contributed by atoms with Crippen LogP contribution in [0.1, 0.15) is 11.1 Å². The molecule has 0 aliphatic carbocycles. The van der Waals surface area contributed by atoms with Crippen LogP contribution in [0.2, 0.25) is 5.02 Å². The molecule has 1 amide bonds. The number of amides is 1. The van der Waals surface area contributed by atoms with Gasteiger partial charge in [0.05, 0.1) is 25.5 Å². The average molecular weight is 473 g/mol. The second kappa shape index (κ2) is 11.7. The zero-order valence-corrected chi connectivity index (χ0v) is 18.8. The van der Waals surface area contributed by atoms with Crippen LogP contribution in [-0.2, 0) is 11.4 Å². The van der Waals surface area contributed by atoms with Crippen LogP contribution in [0.15, 0.2) is 65.8 Å². The van der Waals surface area contributed by atoms with Crippen LogP contribution in [0.4, 0.5) is 4.39 Å². The van der Waals surface area contributed by atoms with Gasteiger partial charge >= 0.3 is 0 Å². The van der Waals surface area contributed by atoms with Gasteiger partial charge in [-0.25, -0.2) is 9.82 Å². The molecule has 0 saturated carbocycles. The zero-order valence-electron chi connectivity index (χ0n) is 18.0. The van der Waals surface area contributed by atoms with Crippen LogP contribution in [0.3, 0.4) is 0 Å². The van der Waals surface area contributed by atoms with Gasteiger partial charge in [-0.15, -0.1) is 0 Å². The summed E-state index contributed by atoms with van der Waals surface area (Å²) < 4.78 is 35.8. The van der Waals surface area contributed by atoms with Gasteiger partial charge in [-0.3, -0.25) is 4.79 Å². The highest BCUT2D eigenvalue weighted by molar-refractivity contribution is 6.31. The number of rotatable bonds is 10. The molecule has 33 heavy (non-hydrogen) atoms. The molecular formula is C24H22ClFN2O5. The Balaban J connectivity index is 1.64. The second-order valence-electron chi connectivity index (χ2n) is 6.63. The highest BCUT2D eigenvalue weighted by atomic mass is 35.5. The van der Waals surface area contributed by atoms with E-state index in [0.717, 1.165) is 0 Å². The summed E-state index contributed by atoms with van der Waals surface area (Å²) in [5.74, 6) is 0.912. The molecule has 0 heterocycles. The molecule has 3 aromatic rings. The fraction of sp³-hybridized carbons (Fsp3) is 0.167. The molecule has 0 aromatic heterocycles. The first-order valence-electron chi connectivity index (χ1n) is 9.83. The third-order valence-electron chi connectivity index (χ3n) is 4.46. The van der Waals surface area contributed by atoms with E-state index in [9.17, 15) is 9.18 Å². The Bertz CT molecular complexity index is 1120. The van der Waals surface area contributed by atoms with Gasteiger partial charge in [-0.2, -0.15) is 5.10 Å². The SMILES string of the molecule is COc1cccc(OCC(=O)N/N=C\c2cccc(OC)c2OCc2c(F)cccc2Cl)c1. The molecule has 0 spiro atoms. The third-order valence-corrected chi connectivity index (χ3v) is 4.81. The van der Waals surface area contributed by atoms with Crippen molar-refractivity contribution in [1.29, 1.82) is 0 Å². The van der Waals surface area contributed by atoms with E-state index in [1.165, 1.54) is 25.5 Å². The summed E-state index contributed by atoms with van der Waals surface area (Å²) in [5, 5.41) is 4.20. The summed E-state index contributed by atoms with van der Waals surface area (Å²) in [6.07, 6.45) is 1.39. The van der Waals surface area contributed by atoms with Gasteiger partial charge in [0.2, 0.25) is 0 Å². The fourth-order valence-electron chi connectivity index (χ4n) is 2.81. The van der Waals surface area contributed by atoms with Gasteiger partial charge < -0.3 is 18.9 Å². The lowest BCUT2D eigenvalue weighted by Crippen LogP contribution is -2.24. The summed E-state index contributed by atoms with van der Waals surface area (Å²) in [6.45, 7) is -0.356. The molecule has 0 aliphatic rings. The number of halogens is 2. The Morgan fingerprint density at radius 1 is 1.03 bits per heavy atom. The van der Waals surface area contributed by atoms with Gasteiger partial charge in [0.1, 0.15) is 23.9 Å². The summed E-state index contributed by atoms with van der Waals surface area (Å²) in [6, 6.07) is 16.4. The van der Waals surface area contributed by atoms with Gasteiger partial charge in [-0.05, 0) is 36.4 Å². The maximum absolute atomic E-state index is 14.1. The first kappa shape index (κ1) is 23.9. The van der Waals surface area contributed by atoms with Crippen molar-refractivity contribution in [2.45, 2.75) is 6.61 Å². The fourth-order valence-corrected chi connectivity index (χ4v) is 3.03. The van der Waals surface area contributed by atoms with E-state index in [0.29, 0.717) is 28.6 Å². The van der Waals surface area contributed by atoms with Crippen molar-refractivity contribution in [3.63, 3.8) is 0 Å². The second-order valence-corrected chi connectivity index (χ2v) is 7.04. The lowest BCUT2D eigenvalue weighted by Gasteiger charge is -2.14. The Labute approximate surface area is 195 Å². The molecule has 3 rings (SSSR count). The van der Waals surface area contributed by atoms with E-state index in [1.807, 2.05) is 0 Å². The number of hydrogen-bond acceptors (Lipinski definition) is 6. The van der Waals surface area contributed by atoms with E-state index in [4.69, 9.17) is 30.5 Å². The van der Waals surface area contributed by atoms with Gasteiger partial charge in [0.25, 0.3) is 5.91 Å². The van der Waals surface area contributed by atoms with E-state index >= 15 is 0 Å². The number of hydrogen-bond donors (Lipinski definition) is 1. The first-order valence-corrected chi connectivity index (χ1v) is 10.2. The number of carbonyl (C=O) groups is 1. The van der Waals surface area contributed by atoms with Crippen LogP contribution in [-0.4, -0.2) is 32.9 Å². The Morgan fingerprint density at radius 3 is 2.55 bits per heavy atom. The zero-order chi connectivity index (χ0) is 23.6. The highest BCUT2D eigenvalue weighted by Gasteiger charge is 2.13. The first-order chi connectivity index (χ1) is 16.0. The van der Waals surface area contributed by atoms with Crippen LogP contribution >= 0.6 is 11.6 Å². The van der Waals surface area contributed by atoms with Gasteiger partial charge in [0, 0.05) is 17.2 Å². The van der Waals surface area contributed by atoms with Gasteiger partial charge in [-0.1, -0.05) is 29.8 Å². The molecule has 0 bridgehead atoms. The third kappa shape index (κ3) is 6.60. The quantitative estimate of drug-likeness (QED) is 0.344. The summed E-state index contributed by atoms with van der Waals surface area (Å²) in [4.78, 5) is 12.1. The number of nitrogens with one attached hydrogen (secondary N) is 1. The van der Waals surface area contributed by atoms with Crippen molar-refractivity contribution in [1.82, 2.24) is 5.43 Å². The van der Waals surface area contributed by atoms with E-state index in [1.54, 1.807) is 55.6 Å². The molecule has 1 N–H and O–H groups in total. The molecule has 0 atom stereocenters. The highest BCUT2D eigenvalue weighted by Crippen LogP contribution is 2.32. The molecule has 9 heteroatoms. The maximum atomic E-state index is 14.1. The topological polar surface area (TPSA) is 78.4 Å². The number of methoxy groups -OCH3 is 2. The maximum Gasteiger partial charge on any atom is 0.277 e. The van der Waals surface area contributed by atoms with E-state index < -0.39 is 11.7 Å². The lowest BCUT2D eigenvalue weighted by atomic mass is 10.2. The minimum absolute atomic E-state index is 0.118. The average Bonchev–Trinajstić information content (AvgIpc) is 2.83. The molecule has 0 aliphatic heterocycles. The lowest BCUT2D eigenvalue weighted by molar-refractivity contribution is -0.123. The molecule has 0 unspecified atom stereocenters. The molecule has 7 nitrogen and oxygen atoms in total. The Morgan fingerprint density at radius 2 is 1.79 bits per heavy atom.